The predicted molar refractivity (Wildman–Crippen MR) is 104 cm³/mol. The summed E-state index contributed by atoms with van der Waals surface area (Å²) in [6.45, 7) is 2.49. The van der Waals surface area contributed by atoms with E-state index in [2.05, 4.69) is 35.2 Å². The lowest BCUT2D eigenvalue weighted by atomic mass is 9.89. The van der Waals surface area contributed by atoms with E-state index in [0.717, 1.165) is 23.9 Å². The van der Waals surface area contributed by atoms with E-state index in [1.165, 1.54) is 76.4 Å². The van der Waals surface area contributed by atoms with Gasteiger partial charge in [-0.05, 0) is 49.1 Å². The quantitative estimate of drug-likeness (QED) is 0.783. The predicted octanol–water partition coefficient (Wildman–Crippen LogP) is 5.33. The van der Waals surface area contributed by atoms with Gasteiger partial charge in [-0.25, -0.2) is 0 Å². The smallest absolute Gasteiger partial charge is 0.0792 e. The van der Waals surface area contributed by atoms with Crippen molar-refractivity contribution < 1.29 is 5.11 Å². The number of nitrogens with zero attached hydrogens (tertiary/aromatic N) is 1. The van der Waals surface area contributed by atoms with Crippen molar-refractivity contribution in [3.63, 3.8) is 0 Å². The summed E-state index contributed by atoms with van der Waals surface area (Å²) in [7, 11) is 0. The largest absolute Gasteiger partial charge is 0.388 e. The van der Waals surface area contributed by atoms with Crippen LogP contribution in [0.2, 0.25) is 0 Å². The Bertz CT molecular complexity index is 571. The highest BCUT2D eigenvalue weighted by Gasteiger charge is 2.26. The molecule has 0 bridgehead atoms. The van der Waals surface area contributed by atoms with Gasteiger partial charge in [0.15, 0.2) is 0 Å². The minimum absolute atomic E-state index is 0.282. The third-order valence-electron chi connectivity index (χ3n) is 6.75. The summed E-state index contributed by atoms with van der Waals surface area (Å²) in [5, 5.41) is 10.5. The fourth-order valence-corrected chi connectivity index (χ4v) is 4.82. The molecule has 1 aromatic rings. The molecule has 3 fully saturated rings. The zero-order valence-electron chi connectivity index (χ0n) is 15.5. The van der Waals surface area contributed by atoms with E-state index in [9.17, 15) is 5.11 Å². The molecule has 0 amide bonds. The average Bonchev–Trinajstić information content (AvgIpc) is 3.09. The van der Waals surface area contributed by atoms with Crippen molar-refractivity contribution in [2.24, 2.45) is 5.92 Å². The monoisotopic (exact) mass is 339 g/mol. The van der Waals surface area contributed by atoms with Crippen LogP contribution in [0.25, 0.3) is 6.08 Å². The first-order valence-electron chi connectivity index (χ1n) is 10.5. The molecule has 136 valence electrons. The molecule has 3 aliphatic rings. The number of hydrogen-bond acceptors (Lipinski definition) is 2. The summed E-state index contributed by atoms with van der Waals surface area (Å²) < 4.78 is 0. The third kappa shape index (κ3) is 4.35. The topological polar surface area (TPSA) is 23.5 Å². The van der Waals surface area contributed by atoms with Crippen molar-refractivity contribution in [1.29, 1.82) is 0 Å². The van der Waals surface area contributed by atoms with E-state index >= 15 is 0 Å². The summed E-state index contributed by atoms with van der Waals surface area (Å²) in [5.41, 5.74) is 3.98. The molecule has 1 N–H and O–H groups in total. The maximum atomic E-state index is 10.5. The molecule has 1 saturated heterocycles. The van der Waals surface area contributed by atoms with Gasteiger partial charge in [-0.1, -0.05) is 68.0 Å². The zero-order valence-corrected chi connectivity index (χ0v) is 15.5. The Kier molecular flexibility index (Phi) is 5.57. The van der Waals surface area contributed by atoms with E-state index in [1.54, 1.807) is 5.57 Å². The van der Waals surface area contributed by atoms with E-state index < -0.39 is 0 Å². The second-order valence-electron chi connectivity index (χ2n) is 8.49. The Hall–Kier alpha value is -1.12. The van der Waals surface area contributed by atoms with Crippen LogP contribution in [0, 0.1) is 5.92 Å². The molecule has 25 heavy (non-hydrogen) atoms. The highest BCUT2D eigenvalue weighted by atomic mass is 16.3. The Balaban J connectivity index is 1.30. The second-order valence-corrected chi connectivity index (χ2v) is 8.49. The van der Waals surface area contributed by atoms with Crippen LogP contribution in [0.15, 0.2) is 29.8 Å². The van der Waals surface area contributed by atoms with Gasteiger partial charge in [-0.15, -0.1) is 0 Å². The van der Waals surface area contributed by atoms with Gasteiger partial charge in [0, 0.05) is 19.1 Å². The first kappa shape index (κ1) is 17.3. The third-order valence-corrected chi connectivity index (χ3v) is 6.75. The van der Waals surface area contributed by atoms with Gasteiger partial charge in [-0.2, -0.15) is 0 Å². The molecule has 1 atom stereocenters. The minimum atomic E-state index is -0.282. The number of aliphatic hydroxyl groups is 1. The summed E-state index contributed by atoms with van der Waals surface area (Å²) in [4.78, 5) is 2.70. The Morgan fingerprint density at radius 2 is 1.64 bits per heavy atom. The molecule has 1 heterocycles. The van der Waals surface area contributed by atoms with Gasteiger partial charge in [-0.3, -0.25) is 4.90 Å². The lowest BCUT2D eigenvalue weighted by Crippen LogP contribution is -2.43. The normalized spacial score (nSPS) is 24.3. The van der Waals surface area contributed by atoms with Crippen LogP contribution < -0.4 is 0 Å². The number of rotatable bonds is 5. The Labute approximate surface area is 152 Å². The maximum absolute atomic E-state index is 10.5. The number of piperidine rings is 1. The highest BCUT2D eigenvalue weighted by Crippen LogP contribution is 2.33. The molecule has 4 rings (SSSR count). The first-order chi connectivity index (χ1) is 12.3. The molecule has 0 aromatic heterocycles. The van der Waals surface area contributed by atoms with Gasteiger partial charge in [0.05, 0.1) is 6.10 Å². The Morgan fingerprint density at radius 1 is 0.960 bits per heavy atom. The molecular weight excluding hydrogens is 306 g/mol. The molecule has 1 unspecified atom stereocenters. The summed E-state index contributed by atoms with van der Waals surface area (Å²) in [5.74, 6) is 0.734. The maximum Gasteiger partial charge on any atom is 0.0792 e. The fourth-order valence-electron chi connectivity index (χ4n) is 4.82. The zero-order chi connectivity index (χ0) is 17.1. The molecule has 0 radical (unpaired) electrons. The Morgan fingerprint density at radius 3 is 2.24 bits per heavy atom. The van der Waals surface area contributed by atoms with Gasteiger partial charge < -0.3 is 5.11 Å². The van der Waals surface area contributed by atoms with Gasteiger partial charge in [0.25, 0.3) is 0 Å². The molecule has 2 aliphatic carbocycles. The van der Waals surface area contributed by atoms with E-state index in [1.807, 2.05) is 0 Å². The standard InChI is InChI=1S/C23H33NO/c25-23(17-18-4-1-2-5-18)21-10-8-19(9-11-21)16-20-12-14-24(15-13-20)22-6-3-7-22/h8-11,16,18,22-23,25H,1-7,12-15,17H2. The van der Waals surface area contributed by atoms with Crippen LogP contribution in [-0.4, -0.2) is 29.1 Å². The van der Waals surface area contributed by atoms with Crippen molar-refractivity contribution in [2.75, 3.05) is 13.1 Å². The second kappa shape index (κ2) is 8.05. The molecule has 2 saturated carbocycles. The molecule has 1 aromatic carbocycles. The minimum Gasteiger partial charge on any atom is -0.388 e. The van der Waals surface area contributed by atoms with Gasteiger partial charge in [0.2, 0.25) is 0 Å². The molecule has 1 aliphatic heterocycles. The van der Waals surface area contributed by atoms with Crippen molar-refractivity contribution in [3.8, 4) is 0 Å². The van der Waals surface area contributed by atoms with Crippen LogP contribution in [0.4, 0.5) is 0 Å². The van der Waals surface area contributed by atoms with Gasteiger partial charge in [0.1, 0.15) is 0 Å². The van der Waals surface area contributed by atoms with Crippen molar-refractivity contribution in [3.05, 3.63) is 41.0 Å². The SMILES string of the molecule is OC(CC1CCCC1)c1ccc(C=C2CCN(C3CCC3)CC2)cc1. The number of hydrogen-bond donors (Lipinski definition) is 1. The van der Waals surface area contributed by atoms with Crippen LogP contribution >= 0.6 is 0 Å². The van der Waals surface area contributed by atoms with Crippen LogP contribution in [0.3, 0.4) is 0 Å². The lowest BCUT2D eigenvalue weighted by molar-refractivity contribution is 0.118. The molecule has 2 nitrogen and oxygen atoms in total. The molecule has 0 spiro atoms. The number of benzene rings is 1. The highest BCUT2D eigenvalue weighted by molar-refractivity contribution is 5.53. The summed E-state index contributed by atoms with van der Waals surface area (Å²) in [6.07, 6.45) is 15.1. The van der Waals surface area contributed by atoms with Crippen molar-refractivity contribution in [1.82, 2.24) is 4.90 Å². The van der Waals surface area contributed by atoms with Crippen LogP contribution in [-0.2, 0) is 0 Å². The molecular formula is C23H33NO. The first-order valence-corrected chi connectivity index (χ1v) is 10.5. The molecule has 2 heteroatoms. The fraction of sp³-hybridized carbons (Fsp3) is 0.652. The lowest BCUT2D eigenvalue weighted by Gasteiger charge is -2.40. The van der Waals surface area contributed by atoms with Gasteiger partial charge >= 0.3 is 0 Å². The number of likely N-dealkylation sites (tertiary alicyclic amines) is 1. The van der Waals surface area contributed by atoms with E-state index in [0.29, 0.717) is 0 Å². The van der Waals surface area contributed by atoms with E-state index in [-0.39, 0.29) is 6.10 Å². The average molecular weight is 340 g/mol. The number of aliphatic hydroxyl groups excluding tert-OH is 1. The van der Waals surface area contributed by atoms with Crippen molar-refractivity contribution in [2.45, 2.75) is 76.4 Å². The van der Waals surface area contributed by atoms with Crippen LogP contribution in [0.5, 0.6) is 0 Å². The van der Waals surface area contributed by atoms with E-state index in [4.69, 9.17) is 0 Å². The summed E-state index contributed by atoms with van der Waals surface area (Å²) >= 11 is 0. The summed E-state index contributed by atoms with van der Waals surface area (Å²) in [6, 6.07) is 9.55. The van der Waals surface area contributed by atoms with Crippen LogP contribution in [0.1, 0.15) is 81.4 Å². The van der Waals surface area contributed by atoms with Crippen molar-refractivity contribution >= 4 is 6.08 Å².